The molecule has 0 radical (unpaired) electrons. The average molecular weight is 246 g/mol. The van der Waals surface area contributed by atoms with E-state index in [-0.39, 0.29) is 0 Å². The molecule has 1 aliphatic carbocycles. The topological polar surface area (TPSA) is 63.8 Å². The Morgan fingerprint density at radius 3 is 3.00 bits per heavy atom. The molecule has 0 aromatic carbocycles. The number of rotatable bonds is 2. The zero-order valence-corrected chi connectivity index (χ0v) is 10.3. The van der Waals surface area contributed by atoms with E-state index in [1.54, 1.807) is 17.5 Å². The minimum atomic E-state index is 0.524. The van der Waals surface area contributed by atoms with Gasteiger partial charge in [0.15, 0.2) is 5.13 Å². The van der Waals surface area contributed by atoms with Crippen LogP contribution in [0.25, 0.3) is 0 Å². The minimum Gasteiger partial charge on any atom is -0.384 e. The van der Waals surface area contributed by atoms with E-state index in [2.05, 4.69) is 15.3 Å². The highest BCUT2D eigenvalue weighted by atomic mass is 32.1. The molecule has 2 aromatic heterocycles. The molecule has 2 heterocycles. The number of thiazole rings is 1. The molecule has 0 fully saturated rings. The fourth-order valence-electron chi connectivity index (χ4n) is 2.06. The lowest BCUT2D eigenvalue weighted by Crippen LogP contribution is -1.99. The van der Waals surface area contributed by atoms with E-state index in [1.807, 2.05) is 12.1 Å². The molecule has 0 unspecified atom stereocenters. The number of nitrogens with zero attached hydrogens (tertiary/aromatic N) is 2. The van der Waals surface area contributed by atoms with Crippen molar-refractivity contribution in [2.45, 2.75) is 25.7 Å². The molecule has 0 saturated heterocycles. The van der Waals surface area contributed by atoms with Gasteiger partial charge in [-0.05, 0) is 31.7 Å². The Labute approximate surface area is 104 Å². The Hall–Kier alpha value is -1.62. The van der Waals surface area contributed by atoms with E-state index in [0.717, 1.165) is 17.2 Å². The Morgan fingerprint density at radius 2 is 2.18 bits per heavy atom. The van der Waals surface area contributed by atoms with Gasteiger partial charge in [0.25, 0.3) is 0 Å². The van der Waals surface area contributed by atoms with Crippen molar-refractivity contribution in [3.63, 3.8) is 0 Å². The number of fused-ring (bicyclic) bond motifs is 1. The third kappa shape index (κ3) is 2.24. The molecule has 0 bridgehead atoms. The summed E-state index contributed by atoms with van der Waals surface area (Å²) in [4.78, 5) is 10.0. The number of anilines is 3. The summed E-state index contributed by atoms with van der Waals surface area (Å²) in [5, 5.41) is 4.25. The van der Waals surface area contributed by atoms with Crippen LogP contribution in [0.2, 0.25) is 0 Å². The van der Waals surface area contributed by atoms with Gasteiger partial charge >= 0.3 is 0 Å². The van der Waals surface area contributed by atoms with E-state index in [0.29, 0.717) is 5.82 Å². The summed E-state index contributed by atoms with van der Waals surface area (Å²) in [7, 11) is 0. The molecule has 0 atom stereocenters. The molecule has 88 valence electrons. The van der Waals surface area contributed by atoms with Gasteiger partial charge in [0.1, 0.15) is 5.82 Å². The van der Waals surface area contributed by atoms with Crippen LogP contribution in [0, 0.1) is 0 Å². The Kier molecular flexibility index (Phi) is 2.68. The highest BCUT2D eigenvalue weighted by molar-refractivity contribution is 7.15. The van der Waals surface area contributed by atoms with Crippen LogP contribution < -0.4 is 11.1 Å². The molecule has 17 heavy (non-hydrogen) atoms. The van der Waals surface area contributed by atoms with Gasteiger partial charge in [-0.1, -0.05) is 0 Å². The number of nitrogens with one attached hydrogen (secondary N) is 1. The third-order valence-electron chi connectivity index (χ3n) is 2.88. The van der Waals surface area contributed by atoms with Crippen molar-refractivity contribution in [3.8, 4) is 0 Å². The first-order valence-electron chi connectivity index (χ1n) is 5.78. The van der Waals surface area contributed by atoms with Crippen molar-refractivity contribution in [3.05, 3.63) is 28.9 Å². The van der Waals surface area contributed by atoms with E-state index in [9.17, 15) is 0 Å². The normalized spacial score (nSPS) is 14.4. The lowest BCUT2D eigenvalue weighted by Gasteiger charge is -2.06. The van der Waals surface area contributed by atoms with Crippen LogP contribution in [0.1, 0.15) is 23.4 Å². The Balaban J connectivity index is 1.83. The van der Waals surface area contributed by atoms with Crippen LogP contribution in [0.15, 0.2) is 18.3 Å². The molecule has 0 aliphatic heterocycles. The number of hydrogen-bond acceptors (Lipinski definition) is 5. The molecule has 4 nitrogen and oxygen atoms in total. The SMILES string of the molecule is Nc1cc(Nc2nc3c(s2)CCCC3)ccn1. The molecule has 5 heteroatoms. The maximum atomic E-state index is 5.64. The maximum absolute atomic E-state index is 5.64. The van der Waals surface area contributed by atoms with Crippen molar-refractivity contribution in [2.75, 3.05) is 11.1 Å². The quantitative estimate of drug-likeness (QED) is 0.855. The van der Waals surface area contributed by atoms with Gasteiger partial charge in [0.2, 0.25) is 0 Å². The molecule has 0 amide bonds. The molecule has 3 rings (SSSR count). The fraction of sp³-hybridized carbons (Fsp3) is 0.333. The lowest BCUT2D eigenvalue weighted by molar-refractivity contribution is 0.683. The predicted molar refractivity (Wildman–Crippen MR) is 70.7 cm³/mol. The fourth-order valence-corrected chi connectivity index (χ4v) is 3.13. The molecule has 0 spiro atoms. The molecular formula is C12H14N4S. The van der Waals surface area contributed by atoms with E-state index >= 15 is 0 Å². The van der Waals surface area contributed by atoms with Crippen molar-refractivity contribution in [2.24, 2.45) is 0 Å². The van der Waals surface area contributed by atoms with Crippen LogP contribution in [0.5, 0.6) is 0 Å². The smallest absolute Gasteiger partial charge is 0.187 e. The predicted octanol–water partition coefficient (Wildman–Crippen LogP) is 2.74. The second-order valence-corrected chi connectivity index (χ2v) is 5.27. The zero-order chi connectivity index (χ0) is 11.7. The van der Waals surface area contributed by atoms with Crippen LogP contribution >= 0.6 is 11.3 Å². The standard InChI is InChI=1S/C12H14N4S/c13-11-7-8(5-6-14-11)15-12-16-9-3-1-2-4-10(9)17-12/h5-7H,1-4H2,(H3,13,14,15,16). The molecular weight excluding hydrogens is 232 g/mol. The van der Waals surface area contributed by atoms with Gasteiger partial charge in [0, 0.05) is 22.8 Å². The number of aromatic nitrogens is 2. The minimum absolute atomic E-state index is 0.524. The largest absolute Gasteiger partial charge is 0.384 e. The lowest BCUT2D eigenvalue weighted by atomic mass is 10.0. The van der Waals surface area contributed by atoms with Crippen LogP contribution in [-0.2, 0) is 12.8 Å². The van der Waals surface area contributed by atoms with Gasteiger partial charge < -0.3 is 11.1 Å². The van der Waals surface area contributed by atoms with Crippen molar-refractivity contribution in [1.29, 1.82) is 0 Å². The zero-order valence-electron chi connectivity index (χ0n) is 9.44. The first-order valence-corrected chi connectivity index (χ1v) is 6.60. The summed E-state index contributed by atoms with van der Waals surface area (Å²) in [5.41, 5.74) is 7.86. The summed E-state index contributed by atoms with van der Waals surface area (Å²) in [5.74, 6) is 0.524. The summed E-state index contributed by atoms with van der Waals surface area (Å²) < 4.78 is 0. The summed E-state index contributed by atoms with van der Waals surface area (Å²) in [6, 6.07) is 3.72. The highest BCUT2D eigenvalue weighted by Gasteiger charge is 2.14. The van der Waals surface area contributed by atoms with Crippen molar-refractivity contribution >= 4 is 28.0 Å². The van der Waals surface area contributed by atoms with Gasteiger partial charge in [0.05, 0.1) is 5.69 Å². The van der Waals surface area contributed by atoms with Gasteiger partial charge in [-0.15, -0.1) is 11.3 Å². The summed E-state index contributed by atoms with van der Waals surface area (Å²) in [6.07, 6.45) is 6.54. The Bertz CT molecular complexity index is 512. The number of nitrogens with two attached hydrogens (primary N) is 1. The van der Waals surface area contributed by atoms with Crippen LogP contribution in [-0.4, -0.2) is 9.97 Å². The Morgan fingerprint density at radius 1 is 1.29 bits per heavy atom. The highest BCUT2D eigenvalue weighted by Crippen LogP contribution is 2.31. The van der Waals surface area contributed by atoms with Crippen molar-refractivity contribution < 1.29 is 0 Å². The summed E-state index contributed by atoms with van der Waals surface area (Å²) in [6.45, 7) is 0. The van der Waals surface area contributed by atoms with Gasteiger partial charge in [-0.2, -0.15) is 0 Å². The van der Waals surface area contributed by atoms with Crippen LogP contribution in [0.3, 0.4) is 0 Å². The average Bonchev–Trinajstić information content (AvgIpc) is 2.71. The second kappa shape index (κ2) is 4.33. The maximum Gasteiger partial charge on any atom is 0.187 e. The third-order valence-corrected chi connectivity index (χ3v) is 3.95. The van der Waals surface area contributed by atoms with E-state index < -0.39 is 0 Å². The number of nitrogen functional groups attached to an aromatic ring is 1. The van der Waals surface area contributed by atoms with Gasteiger partial charge in [-0.25, -0.2) is 9.97 Å². The number of aryl methyl sites for hydroxylation is 2. The van der Waals surface area contributed by atoms with E-state index in [4.69, 9.17) is 5.73 Å². The van der Waals surface area contributed by atoms with Gasteiger partial charge in [-0.3, -0.25) is 0 Å². The van der Waals surface area contributed by atoms with E-state index in [1.165, 1.54) is 29.8 Å². The molecule has 1 aliphatic rings. The monoisotopic (exact) mass is 246 g/mol. The summed E-state index contributed by atoms with van der Waals surface area (Å²) >= 11 is 1.75. The molecule has 0 saturated carbocycles. The molecule has 2 aromatic rings. The number of pyridine rings is 1. The van der Waals surface area contributed by atoms with Crippen molar-refractivity contribution in [1.82, 2.24) is 9.97 Å². The first kappa shape index (κ1) is 10.5. The second-order valence-electron chi connectivity index (χ2n) is 4.19. The number of hydrogen-bond donors (Lipinski definition) is 2. The molecule has 3 N–H and O–H groups in total. The first-order chi connectivity index (χ1) is 8.31. The van der Waals surface area contributed by atoms with Crippen LogP contribution in [0.4, 0.5) is 16.6 Å².